The van der Waals surface area contributed by atoms with Crippen molar-refractivity contribution >= 4 is 11.9 Å². The maximum Gasteiger partial charge on any atom is 0.287 e. The lowest BCUT2D eigenvalue weighted by Crippen LogP contribution is -2.40. The fourth-order valence-corrected chi connectivity index (χ4v) is 2.71. The van der Waals surface area contributed by atoms with Gasteiger partial charge in [-0.1, -0.05) is 31.2 Å². The molecule has 0 bridgehead atoms. The molecule has 1 aromatic carbocycles. The molecule has 1 heterocycles. The minimum Gasteiger partial charge on any atom is -0.459 e. The second-order valence-electron chi connectivity index (χ2n) is 6.50. The number of rotatable bonds is 8. The van der Waals surface area contributed by atoms with E-state index in [0.717, 1.165) is 24.4 Å². The lowest BCUT2D eigenvalue weighted by Gasteiger charge is -2.18. The SMILES string of the molecule is CCc1ccc(C(C)NC(=NC)NCCCNC(=O)c2occc2C)cc1. The fraction of sp³-hybridized carbons (Fsp3) is 0.429. The molecular weight excluding hydrogens is 340 g/mol. The maximum absolute atomic E-state index is 12.0. The van der Waals surface area contributed by atoms with E-state index in [1.807, 2.05) is 6.92 Å². The van der Waals surface area contributed by atoms with Gasteiger partial charge < -0.3 is 20.4 Å². The van der Waals surface area contributed by atoms with Crippen molar-refractivity contribution in [2.45, 2.75) is 39.7 Å². The summed E-state index contributed by atoms with van der Waals surface area (Å²) in [4.78, 5) is 16.2. The molecule has 0 radical (unpaired) electrons. The molecule has 1 aromatic heterocycles. The second-order valence-corrected chi connectivity index (χ2v) is 6.50. The van der Waals surface area contributed by atoms with Crippen LogP contribution in [0.5, 0.6) is 0 Å². The lowest BCUT2D eigenvalue weighted by molar-refractivity contribution is 0.0925. The lowest BCUT2D eigenvalue weighted by atomic mass is 10.1. The van der Waals surface area contributed by atoms with Gasteiger partial charge in [0.2, 0.25) is 0 Å². The molecule has 2 rings (SSSR count). The average Bonchev–Trinajstić information content (AvgIpc) is 3.12. The number of hydrogen-bond donors (Lipinski definition) is 3. The Hall–Kier alpha value is -2.76. The normalized spacial score (nSPS) is 12.5. The van der Waals surface area contributed by atoms with Crippen molar-refractivity contribution in [3.05, 3.63) is 59.0 Å². The van der Waals surface area contributed by atoms with Crippen LogP contribution < -0.4 is 16.0 Å². The summed E-state index contributed by atoms with van der Waals surface area (Å²) in [6, 6.07) is 10.6. The van der Waals surface area contributed by atoms with E-state index in [1.165, 1.54) is 17.4 Å². The highest BCUT2D eigenvalue weighted by atomic mass is 16.3. The van der Waals surface area contributed by atoms with Crippen molar-refractivity contribution in [2.75, 3.05) is 20.1 Å². The predicted octanol–water partition coefficient (Wildman–Crippen LogP) is 3.20. The summed E-state index contributed by atoms with van der Waals surface area (Å²) in [6.07, 6.45) is 3.35. The molecule has 6 nitrogen and oxygen atoms in total. The highest BCUT2D eigenvalue weighted by molar-refractivity contribution is 5.92. The molecule has 0 saturated carbocycles. The molecule has 0 spiro atoms. The summed E-state index contributed by atoms with van der Waals surface area (Å²) in [5.41, 5.74) is 3.40. The first-order chi connectivity index (χ1) is 13.0. The van der Waals surface area contributed by atoms with E-state index in [2.05, 4.69) is 59.1 Å². The zero-order chi connectivity index (χ0) is 19.6. The number of guanidine groups is 1. The summed E-state index contributed by atoms with van der Waals surface area (Å²) >= 11 is 0. The van der Waals surface area contributed by atoms with Crippen LogP contribution in [-0.4, -0.2) is 32.0 Å². The van der Waals surface area contributed by atoms with Gasteiger partial charge in [0.15, 0.2) is 11.7 Å². The minimum absolute atomic E-state index is 0.156. The van der Waals surface area contributed by atoms with Gasteiger partial charge >= 0.3 is 0 Å². The zero-order valence-electron chi connectivity index (χ0n) is 16.6. The quantitative estimate of drug-likeness (QED) is 0.379. The van der Waals surface area contributed by atoms with Crippen molar-refractivity contribution in [3.63, 3.8) is 0 Å². The maximum atomic E-state index is 12.0. The summed E-state index contributed by atoms with van der Waals surface area (Å²) in [7, 11) is 1.75. The van der Waals surface area contributed by atoms with E-state index in [4.69, 9.17) is 4.42 Å². The predicted molar refractivity (Wildman–Crippen MR) is 109 cm³/mol. The van der Waals surface area contributed by atoms with Crippen LogP contribution >= 0.6 is 0 Å². The molecule has 1 unspecified atom stereocenters. The van der Waals surface area contributed by atoms with Crippen LogP contribution in [0.4, 0.5) is 0 Å². The zero-order valence-corrected chi connectivity index (χ0v) is 16.6. The molecule has 0 saturated heterocycles. The number of amides is 1. The van der Waals surface area contributed by atoms with E-state index in [1.54, 1.807) is 13.1 Å². The summed E-state index contributed by atoms with van der Waals surface area (Å²) in [6.45, 7) is 7.39. The highest BCUT2D eigenvalue weighted by Gasteiger charge is 2.11. The van der Waals surface area contributed by atoms with Gasteiger partial charge in [-0.2, -0.15) is 0 Å². The number of carbonyl (C=O) groups excluding carboxylic acids is 1. The second kappa shape index (κ2) is 10.4. The van der Waals surface area contributed by atoms with Gasteiger partial charge in [-0.05, 0) is 43.9 Å². The number of benzene rings is 1. The number of nitrogens with one attached hydrogen (secondary N) is 3. The third-order valence-corrected chi connectivity index (χ3v) is 4.46. The molecule has 1 atom stereocenters. The van der Waals surface area contributed by atoms with E-state index >= 15 is 0 Å². The van der Waals surface area contributed by atoms with Crippen LogP contribution in [0.3, 0.4) is 0 Å². The highest BCUT2D eigenvalue weighted by Crippen LogP contribution is 2.13. The van der Waals surface area contributed by atoms with Gasteiger partial charge in [-0.15, -0.1) is 0 Å². The number of furan rings is 1. The molecule has 0 fully saturated rings. The number of nitrogens with zero attached hydrogens (tertiary/aromatic N) is 1. The molecule has 0 aliphatic heterocycles. The van der Waals surface area contributed by atoms with Crippen LogP contribution in [0.25, 0.3) is 0 Å². The standard InChI is InChI=1S/C21H30N4O2/c1-5-17-7-9-18(10-8-17)16(3)25-21(22-4)24-13-6-12-23-20(26)19-15(2)11-14-27-19/h7-11,14,16H,5-6,12-13H2,1-4H3,(H,23,26)(H2,22,24,25). The Morgan fingerprint density at radius 1 is 1.15 bits per heavy atom. The van der Waals surface area contributed by atoms with Crippen LogP contribution in [0, 0.1) is 6.92 Å². The Morgan fingerprint density at radius 2 is 1.85 bits per heavy atom. The van der Waals surface area contributed by atoms with Gasteiger partial charge in [0.25, 0.3) is 5.91 Å². The van der Waals surface area contributed by atoms with E-state index < -0.39 is 0 Å². The molecule has 1 amide bonds. The molecule has 0 aliphatic rings. The number of aliphatic imine (C=N–C) groups is 1. The van der Waals surface area contributed by atoms with Crippen LogP contribution in [-0.2, 0) is 6.42 Å². The topological polar surface area (TPSA) is 78.7 Å². The van der Waals surface area contributed by atoms with Crippen molar-refractivity contribution < 1.29 is 9.21 Å². The molecule has 3 N–H and O–H groups in total. The van der Waals surface area contributed by atoms with Crippen LogP contribution in [0.2, 0.25) is 0 Å². The summed E-state index contributed by atoms with van der Waals surface area (Å²) in [5.74, 6) is 0.947. The molecule has 2 aromatic rings. The number of aryl methyl sites for hydroxylation is 2. The van der Waals surface area contributed by atoms with Crippen LogP contribution in [0.15, 0.2) is 46.0 Å². The summed E-state index contributed by atoms with van der Waals surface area (Å²) < 4.78 is 5.18. The first-order valence-electron chi connectivity index (χ1n) is 9.43. The Balaban J connectivity index is 1.70. The van der Waals surface area contributed by atoms with Crippen molar-refractivity contribution in [2.24, 2.45) is 4.99 Å². The van der Waals surface area contributed by atoms with Crippen molar-refractivity contribution in [1.29, 1.82) is 0 Å². The molecule has 6 heteroatoms. The van der Waals surface area contributed by atoms with E-state index in [9.17, 15) is 4.79 Å². The molecule has 27 heavy (non-hydrogen) atoms. The monoisotopic (exact) mass is 370 g/mol. The third kappa shape index (κ3) is 6.16. The van der Waals surface area contributed by atoms with Crippen LogP contribution in [0.1, 0.15) is 53.6 Å². The minimum atomic E-state index is -0.177. The van der Waals surface area contributed by atoms with Crippen molar-refractivity contribution in [3.8, 4) is 0 Å². The third-order valence-electron chi connectivity index (χ3n) is 4.46. The largest absolute Gasteiger partial charge is 0.459 e. The first-order valence-corrected chi connectivity index (χ1v) is 9.43. The number of hydrogen-bond acceptors (Lipinski definition) is 3. The Bertz CT molecular complexity index is 750. The molecule has 146 valence electrons. The van der Waals surface area contributed by atoms with Crippen molar-refractivity contribution in [1.82, 2.24) is 16.0 Å². The van der Waals surface area contributed by atoms with Gasteiger partial charge in [-0.3, -0.25) is 9.79 Å². The summed E-state index contributed by atoms with van der Waals surface area (Å²) in [5, 5.41) is 9.53. The molecular formula is C21H30N4O2. The van der Waals surface area contributed by atoms with E-state index in [0.29, 0.717) is 18.8 Å². The Morgan fingerprint density at radius 3 is 2.44 bits per heavy atom. The van der Waals surface area contributed by atoms with Gasteiger partial charge in [0, 0.05) is 25.7 Å². The fourth-order valence-electron chi connectivity index (χ4n) is 2.71. The van der Waals surface area contributed by atoms with Gasteiger partial charge in [-0.25, -0.2) is 0 Å². The Kier molecular flexibility index (Phi) is 7.92. The van der Waals surface area contributed by atoms with E-state index in [-0.39, 0.29) is 11.9 Å². The Labute approximate surface area is 161 Å². The molecule has 0 aliphatic carbocycles. The first kappa shape index (κ1) is 20.6. The van der Waals surface area contributed by atoms with Gasteiger partial charge in [0.1, 0.15) is 0 Å². The average molecular weight is 370 g/mol. The smallest absolute Gasteiger partial charge is 0.287 e. The van der Waals surface area contributed by atoms with Gasteiger partial charge in [0.05, 0.1) is 12.3 Å². The number of carbonyl (C=O) groups is 1.